The topological polar surface area (TPSA) is 87.4 Å². The summed E-state index contributed by atoms with van der Waals surface area (Å²) in [5.74, 6) is -0.693. The SMILES string of the molecule is Cn1nccc1CCNC(=O)c1ccc(O)cc1O. The van der Waals surface area contributed by atoms with Crippen LogP contribution in [0.15, 0.2) is 30.5 Å². The Balaban J connectivity index is 1.93. The molecular formula is C13H15N3O3. The summed E-state index contributed by atoms with van der Waals surface area (Å²) in [6.45, 7) is 0.443. The third-order valence-corrected chi connectivity index (χ3v) is 2.82. The number of aromatic hydroxyl groups is 2. The number of phenolic OH excluding ortho intramolecular Hbond substituents is 2. The molecule has 6 nitrogen and oxygen atoms in total. The van der Waals surface area contributed by atoms with Crippen LogP contribution in [-0.4, -0.2) is 32.4 Å². The van der Waals surface area contributed by atoms with Crippen molar-refractivity contribution >= 4 is 5.91 Å². The van der Waals surface area contributed by atoms with E-state index in [9.17, 15) is 9.90 Å². The lowest BCUT2D eigenvalue weighted by Crippen LogP contribution is -2.26. The fourth-order valence-electron chi connectivity index (χ4n) is 1.76. The molecule has 2 aromatic rings. The highest BCUT2D eigenvalue weighted by Gasteiger charge is 2.11. The lowest BCUT2D eigenvalue weighted by molar-refractivity contribution is 0.0951. The lowest BCUT2D eigenvalue weighted by Gasteiger charge is -2.07. The smallest absolute Gasteiger partial charge is 0.255 e. The van der Waals surface area contributed by atoms with E-state index >= 15 is 0 Å². The molecule has 1 aromatic heterocycles. The zero-order valence-corrected chi connectivity index (χ0v) is 10.5. The number of rotatable bonds is 4. The third kappa shape index (κ3) is 3.04. The highest BCUT2D eigenvalue weighted by atomic mass is 16.3. The zero-order chi connectivity index (χ0) is 13.8. The van der Waals surface area contributed by atoms with Crippen LogP contribution in [0.3, 0.4) is 0 Å². The highest BCUT2D eigenvalue weighted by Crippen LogP contribution is 2.22. The second kappa shape index (κ2) is 5.43. The van der Waals surface area contributed by atoms with Crippen molar-refractivity contribution in [3.05, 3.63) is 41.7 Å². The minimum atomic E-state index is -0.375. The molecule has 0 fully saturated rings. The van der Waals surface area contributed by atoms with Gasteiger partial charge in [-0.3, -0.25) is 9.48 Å². The van der Waals surface area contributed by atoms with Gasteiger partial charge in [-0.2, -0.15) is 5.10 Å². The van der Waals surface area contributed by atoms with Crippen molar-refractivity contribution in [2.24, 2.45) is 7.05 Å². The van der Waals surface area contributed by atoms with Gasteiger partial charge >= 0.3 is 0 Å². The molecule has 0 saturated carbocycles. The van der Waals surface area contributed by atoms with E-state index in [2.05, 4.69) is 10.4 Å². The van der Waals surface area contributed by atoms with Gasteiger partial charge in [-0.15, -0.1) is 0 Å². The van der Waals surface area contributed by atoms with E-state index in [-0.39, 0.29) is 23.0 Å². The number of aromatic nitrogens is 2. The minimum Gasteiger partial charge on any atom is -0.508 e. The zero-order valence-electron chi connectivity index (χ0n) is 10.5. The predicted octanol–water partition coefficient (Wildman–Crippen LogP) is 0.804. The number of aryl methyl sites for hydroxylation is 1. The van der Waals surface area contributed by atoms with E-state index < -0.39 is 0 Å². The Morgan fingerprint density at radius 2 is 2.16 bits per heavy atom. The molecule has 0 bridgehead atoms. The van der Waals surface area contributed by atoms with Crippen molar-refractivity contribution < 1.29 is 15.0 Å². The number of nitrogens with one attached hydrogen (secondary N) is 1. The summed E-state index contributed by atoms with van der Waals surface area (Å²) in [4.78, 5) is 11.8. The molecule has 0 atom stereocenters. The second-order valence-electron chi connectivity index (χ2n) is 4.15. The van der Waals surface area contributed by atoms with Crippen molar-refractivity contribution in [3.63, 3.8) is 0 Å². The average Bonchev–Trinajstić information content (AvgIpc) is 2.75. The first kappa shape index (κ1) is 12.9. The van der Waals surface area contributed by atoms with Gasteiger partial charge in [0.1, 0.15) is 11.5 Å². The van der Waals surface area contributed by atoms with Crippen molar-refractivity contribution in [1.82, 2.24) is 15.1 Å². The van der Waals surface area contributed by atoms with Crippen molar-refractivity contribution in [1.29, 1.82) is 0 Å². The van der Waals surface area contributed by atoms with Crippen LogP contribution in [0, 0.1) is 0 Å². The summed E-state index contributed by atoms with van der Waals surface area (Å²) >= 11 is 0. The van der Waals surface area contributed by atoms with Gasteiger partial charge in [-0.05, 0) is 18.2 Å². The molecule has 0 saturated heterocycles. The van der Waals surface area contributed by atoms with Crippen LogP contribution in [0.5, 0.6) is 11.5 Å². The molecule has 0 unspecified atom stereocenters. The monoisotopic (exact) mass is 261 g/mol. The largest absolute Gasteiger partial charge is 0.508 e. The predicted molar refractivity (Wildman–Crippen MR) is 69.0 cm³/mol. The van der Waals surface area contributed by atoms with E-state index in [0.29, 0.717) is 13.0 Å². The van der Waals surface area contributed by atoms with Gasteiger partial charge in [0, 0.05) is 38.0 Å². The maximum Gasteiger partial charge on any atom is 0.255 e. The van der Waals surface area contributed by atoms with Crippen molar-refractivity contribution in [2.45, 2.75) is 6.42 Å². The average molecular weight is 261 g/mol. The van der Waals surface area contributed by atoms with Crippen LogP contribution in [-0.2, 0) is 13.5 Å². The van der Waals surface area contributed by atoms with Crippen molar-refractivity contribution in [2.75, 3.05) is 6.54 Å². The normalized spacial score (nSPS) is 10.4. The number of benzene rings is 1. The van der Waals surface area contributed by atoms with Crippen LogP contribution in [0.25, 0.3) is 0 Å². The van der Waals surface area contributed by atoms with E-state index in [0.717, 1.165) is 11.8 Å². The Morgan fingerprint density at radius 1 is 1.37 bits per heavy atom. The Bertz CT molecular complexity index is 593. The van der Waals surface area contributed by atoms with Crippen LogP contribution in [0.4, 0.5) is 0 Å². The molecule has 1 aromatic carbocycles. The molecule has 0 aliphatic rings. The number of phenols is 2. The van der Waals surface area contributed by atoms with Gasteiger partial charge < -0.3 is 15.5 Å². The lowest BCUT2D eigenvalue weighted by atomic mass is 10.1. The first-order valence-corrected chi connectivity index (χ1v) is 5.85. The van der Waals surface area contributed by atoms with Crippen LogP contribution < -0.4 is 5.32 Å². The minimum absolute atomic E-state index is 0.0797. The first-order valence-electron chi connectivity index (χ1n) is 5.85. The van der Waals surface area contributed by atoms with E-state index in [1.54, 1.807) is 10.9 Å². The Morgan fingerprint density at radius 3 is 2.79 bits per heavy atom. The molecule has 0 spiro atoms. The number of nitrogens with zero attached hydrogens (tertiary/aromatic N) is 2. The summed E-state index contributed by atoms with van der Waals surface area (Å²) in [5.41, 5.74) is 1.15. The number of amides is 1. The van der Waals surface area contributed by atoms with Crippen molar-refractivity contribution in [3.8, 4) is 11.5 Å². The molecule has 3 N–H and O–H groups in total. The molecular weight excluding hydrogens is 246 g/mol. The number of carbonyl (C=O) groups excluding carboxylic acids is 1. The third-order valence-electron chi connectivity index (χ3n) is 2.82. The molecule has 100 valence electrons. The van der Waals surface area contributed by atoms with E-state index in [4.69, 9.17) is 5.11 Å². The maximum atomic E-state index is 11.8. The Hall–Kier alpha value is -2.50. The van der Waals surface area contributed by atoms with Gasteiger partial charge in [0.2, 0.25) is 0 Å². The van der Waals surface area contributed by atoms with Gasteiger partial charge in [-0.25, -0.2) is 0 Å². The van der Waals surface area contributed by atoms with Gasteiger partial charge in [-0.1, -0.05) is 0 Å². The summed E-state index contributed by atoms with van der Waals surface area (Å²) < 4.78 is 1.74. The molecule has 0 radical (unpaired) electrons. The molecule has 1 heterocycles. The quantitative estimate of drug-likeness (QED) is 0.759. The number of hydrogen-bond donors (Lipinski definition) is 3. The summed E-state index contributed by atoms with van der Waals surface area (Å²) in [5, 5.41) is 25.4. The fourth-order valence-corrected chi connectivity index (χ4v) is 1.76. The van der Waals surface area contributed by atoms with E-state index in [1.165, 1.54) is 12.1 Å². The summed E-state index contributed by atoms with van der Waals surface area (Å²) in [6.07, 6.45) is 2.35. The summed E-state index contributed by atoms with van der Waals surface area (Å²) in [7, 11) is 1.84. The molecule has 1 amide bonds. The van der Waals surface area contributed by atoms with Crippen LogP contribution in [0.1, 0.15) is 16.1 Å². The van der Waals surface area contributed by atoms with Gasteiger partial charge in [0.15, 0.2) is 0 Å². The van der Waals surface area contributed by atoms with Crippen LogP contribution in [0.2, 0.25) is 0 Å². The second-order valence-corrected chi connectivity index (χ2v) is 4.15. The molecule has 19 heavy (non-hydrogen) atoms. The molecule has 0 aliphatic carbocycles. The van der Waals surface area contributed by atoms with Crippen LogP contribution >= 0.6 is 0 Å². The van der Waals surface area contributed by atoms with Gasteiger partial charge in [0.05, 0.1) is 5.56 Å². The molecule has 0 aliphatic heterocycles. The fraction of sp³-hybridized carbons (Fsp3) is 0.231. The maximum absolute atomic E-state index is 11.8. The first-order chi connectivity index (χ1) is 9.08. The molecule has 2 rings (SSSR count). The Labute approximate surface area is 110 Å². The highest BCUT2D eigenvalue weighted by molar-refractivity contribution is 5.96. The van der Waals surface area contributed by atoms with Gasteiger partial charge in [0.25, 0.3) is 5.91 Å². The number of carbonyl (C=O) groups is 1. The van der Waals surface area contributed by atoms with E-state index in [1.807, 2.05) is 13.1 Å². The Kier molecular flexibility index (Phi) is 3.70. The number of hydrogen-bond acceptors (Lipinski definition) is 4. The standard InChI is InChI=1S/C13H15N3O3/c1-16-9(5-7-15-16)4-6-14-13(19)11-3-2-10(17)8-12(11)18/h2-3,5,7-8,17-18H,4,6H2,1H3,(H,14,19). The summed E-state index contributed by atoms with van der Waals surface area (Å²) in [6, 6.07) is 5.75. The molecule has 6 heteroatoms.